The molecule has 2 rings (SSSR count). The molecule has 114 valence electrons. The highest BCUT2D eigenvalue weighted by molar-refractivity contribution is 7.89. The lowest BCUT2D eigenvalue weighted by atomic mass is 10.4. The minimum atomic E-state index is -3.56. The van der Waals surface area contributed by atoms with Gasteiger partial charge in [-0.3, -0.25) is 9.67 Å². The molecule has 0 saturated heterocycles. The summed E-state index contributed by atoms with van der Waals surface area (Å²) in [7, 11) is -3.56. The van der Waals surface area contributed by atoms with E-state index in [1.165, 1.54) is 12.4 Å². The summed E-state index contributed by atoms with van der Waals surface area (Å²) in [6, 6.07) is 5.37. The summed E-state index contributed by atoms with van der Waals surface area (Å²) in [5, 5.41) is 7.21. The molecule has 0 aromatic carbocycles. The molecule has 2 N–H and O–H groups in total. The molecule has 0 fully saturated rings. The molecule has 0 aliphatic rings. The molecule has 8 heteroatoms. The van der Waals surface area contributed by atoms with E-state index in [0.717, 1.165) is 13.1 Å². The molecule has 0 amide bonds. The molecule has 0 unspecified atom stereocenters. The van der Waals surface area contributed by atoms with Crippen LogP contribution in [0.2, 0.25) is 0 Å². The maximum atomic E-state index is 12.1. The zero-order chi connectivity index (χ0) is 15.1. The maximum absolute atomic E-state index is 12.1. The van der Waals surface area contributed by atoms with E-state index in [1.54, 1.807) is 23.0 Å². The first-order valence-corrected chi connectivity index (χ1v) is 8.23. The summed E-state index contributed by atoms with van der Waals surface area (Å²) in [6.07, 6.45) is 4.51. The van der Waals surface area contributed by atoms with Gasteiger partial charge in [-0.15, -0.1) is 0 Å². The fourth-order valence-electron chi connectivity index (χ4n) is 1.73. The van der Waals surface area contributed by atoms with E-state index in [0.29, 0.717) is 12.2 Å². The molecule has 0 aliphatic heterocycles. The van der Waals surface area contributed by atoms with Gasteiger partial charge in [-0.1, -0.05) is 13.0 Å². The number of nitrogens with one attached hydrogen (secondary N) is 2. The van der Waals surface area contributed by atoms with E-state index in [4.69, 9.17) is 0 Å². The second-order valence-corrected chi connectivity index (χ2v) is 6.21. The fourth-order valence-corrected chi connectivity index (χ4v) is 2.68. The van der Waals surface area contributed by atoms with Crippen LogP contribution in [0.15, 0.2) is 41.7 Å². The average Bonchev–Trinajstić information content (AvgIpc) is 2.96. The Balaban J connectivity index is 1.96. The molecule has 7 nitrogen and oxygen atoms in total. The molecule has 2 heterocycles. The van der Waals surface area contributed by atoms with E-state index >= 15 is 0 Å². The maximum Gasteiger partial charge on any atom is 0.244 e. The highest BCUT2D eigenvalue weighted by Crippen LogP contribution is 2.07. The molecule has 2 aromatic heterocycles. The van der Waals surface area contributed by atoms with Gasteiger partial charge in [0.05, 0.1) is 25.0 Å². The van der Waals surface area contributed by atoms with Gasteiger partial charge in [-0.25, -0.2) is 13.1 Å². The summed E-state index contributed by atoms with van der Waals surface area (Å²) < 4.78 is 28.4. The first-order valence-electron chi connectivity index (χ1n) is 6.74. The quantitative estimate of drug-likeness (QED) is 0.688. The highest BCUT2D eigenvalue weighted by Gasteiger charge is 2.16. The Kier molecular flexibility index (Phi) is 5.43. The number of aromatic nitrogens is 3. The normalized spacial score (nSPS) is 11.7. The Hall–Kier alpha value is -1.77. The van der Waals surface area contributed by atoms with Crippen LogP contribution < -0.4 is 10.0 Å². The molecular weight excluding hydrogens is 290 g/mol. The van der Waals surface area contributed by atoms with Crippen molar-refractivity contribution in [2.24, 2.45) is 0 Å². The summed E-state index contributed by atoms with van der Waals surface area (Å²) in [5.41, 5.74) is 0.667. The van der Waals surface area contributed by atoms with Gasteiger partial charge >= 0.3 is 0 Å². The van der Waals surface area contributed by atoms with Crippen LogP contribution in [0.25, 0.3) is 0 Å². The Morgan fingerprint density at radius 3 is 2.90 bits per heavy atom. The molecule has 0 bridgehead atoms. The standard InChI is InChI=1S/C13H19N5O2S/c1-2-14-7-8-18-11-13(10-16-18)21(19,20)17-9-12-5-3-4-6-15-12/h3-6,10-11,14,17H,2,7-9H2,1H3. The third-order valence-corrected chi connectivity index (χ3v) is 4.21. The van der Waals surface area contributed by atoms with Crippen molar-refractivity contribution in [2.45, 2.75) is 24.9 Å². The highest BCUT2D eigenvalue weighted by atomic mass is 32.2. The average molecular weight is 309 g/mol. The van der Waals surface area contributed by atoms with Crippen LogP contribution in [0.5, 0.6) is 0 Å². The lowest BCUT2D eigenvalue weighted by Gasteiger charge is -2.04. The zero-order valence-corrected chi connectivity index (χ0v) is 12.7. The van der Waals surface area contributed by atoms with Crippen molar-refractivity contribution in [3.63, 3.8) is 0 Å². The van der Waals surface area contributed by atoms with Gasteiger partial charge in [-0.2, -0.15) is 5.10 Å². The monoisotopic (exact) mass is 309 g/mol. The van der Waals surface area contributed by atoms with Crippen molar-refractivity contribution in [3.05, 3.63) is 42.5 Å². The number of likely N-dealkylation sites (N-methyl/N-ethyl adjacent to an activating group) is 1. The van der Waals surface area contributed by atoms with Crippen molar-refractivity contribution in [2.75, 3.05) is 13.1 Å². The van der Waals surface area contributed by atoms with Crippen LogP contribution in [0.4, 0.5) is 0 Å². The van der Waals surface area contributed by atoms with Crippen molar-refractivity contribution < 1.29 is 8.42 Å². The van der Waals surface area contributed by atoms with Crippen LogP contribution in [0.1, 0.15) is 12.6 Å². The van der Waals surface area contributed by atoms with E-state index in [2.05, 4.69) is 20.1 Å². The van der Waals surface area contributed by atoms with Gasteiger partial charge in [0, 0.05) is 18.9 Å². The minimum Gasteiger partial charge on any atom is -0.315 e. The van der Waals surface area contributed by atoms with Gasteiger partial charge in [0.25, 0.3) is 0 Å². The molecule has 2 aromatic rings. The van der Waals surface area contributed by atoms with E-state index in [-0.39, 0.29) is 11.4 Å². The Labute approximate surface area is 124 Å². The predicted molar refractivity (Wildman–Crippen MR) is 79.0 cm³/mol. The van der Waals surface area contributed by atoms with Gasteiger partial charge < -0.3 is 5.32 Å². The van der Waals surface area contributed by atoms with Gasteiger partial charge in [0.1, 0.15) is 4.90 Å². The van der Waals surface area contributed by atoms with Crippen LogP contribution >= 0.6 is 0 Å². The van der Waals surface area contributed by atoms with Crippen LogP contribution in [0.3, 0.4) is 0 Å². The number of nitrogens with zero attached hydrogens (tertiary/aromatic N) is 3. The van der Waals surface area contributed by atoms with E-state index in [9.17, 15) is 8.42 Å². The predicted octanol–water partition coefficient (Wildman–Crippen LogP) is 0.366. The van der Waals surface area contributed by atoms with Crippen molar-refractivity contribution in [1.29, 1.82) is 0 Å². The van der Waals surface area contributed by atoms with Crippen LogP contribution in [0, 0.1) is 0 Å². The lowest BCUT2D eigenvalue weighted by Crippen LogP contribution is -2.23. The molecule has 0 saturated carbocycles. The fraction of sp³-hybridized carbons (Fsp3) is 0.385. The SMILES string of the molecule is CCNCCn1cc(S(=O)(=O)NCc2ccccn2)cn1. The Morgan fingerprint density at radius 2 is 2.19 bits per heavy atom. The van der Waals surface area contributed by atoms with Crippen LogP contribution in [-0.4, -0.2) is 36.3 Å². The van der Waals surface area contributed by atoms with Gasteiger partial charge in [0.15, 0.2) is 0 Å². The van der Waals surface area contributed by atoms with Crippen LogP contribution in [-0.2, 0) is 23.1 Å². The molecule has 0 atom stereocenters. The topological polar surface area (TPSA) is 88.9 Å². The van der Waals surface area contributed by atoms with E-state index < -0.39 is 10.0 Å². The third-order valence-electron chi connectivity index (χ3n) is 2.86. The van der Waals surface area contributed by atoms with Crippen molar-refractivity contribution in [3.8, 4) is 0 Å². The smallest absolute Gasteiger partial charge is 0.244 e. The molecule has 21 heavy (non-hydrogen) atoms. The summed E-state index contributed by atoms with van der Waals surface area (Å²) in [4.78, 5) is 4.24. The number of hydrogen-bond donors (Lipinski definition) is 2. The van der Waals surface area contributed by atoms with Crippen molar-refractivity contribution >= 4 is 10.0 Å². The molecular formula is C13H19N5O2S. The number of sulfonamides is 1. The van der Waals surface area contributed by atoms with Gasteiger partial charge in [-0.05, 0) is 18.7 Å². The summed E-state index contributed by atoms with van der Waals surface area (Å²) in [5.74, 6) is 0. The zero-order valence-electron chi connectivity index (χ0n) is 11.9. The molecule has 0 spiro atoms. The molecule has 0 radical (unpaired) electrons. The Bertz CT molecular complexity index is 654. The number of rotatable bonds is 8. The first kappa shape index (κ1) is 15.6. The van der Waals surface area contributed by atoms with Crippen molar-refractivity contribution in [1.82, 2.24) is 24.8 Å². The summed E-state index contributed by atoms with van der Waals surface area (Å²) in [6.45, 7) is 4.42. The molecule has 0 aliphatic carbocycles. The number of pyridine rings is 1. The second-order valence-electron chi connectivity index (χ2n) is 4.44. The lowest BCUT2D eigenvalue weighted by molar-refractivity contribution is 0.562. The summed E-state index contributed by atoms with van der Waals surface area (Å²) >= 11 is 0. The second kappa shape index (κ2) is 7.30. The third kappa shape index (κ3) is 4.62. The minimum absolute atomic E-state index is 0.158. The van der Waals surface area contributed by atoms with Gasteiger partial charge in [0.2, 0.25) is 10.0 Å². The largest absolute Gasteiger partial charge is 0.315 e. The van der Waals surface area contributed by atoms with E-state index in [1.807, 2.05) is 13.0 Å². The first-order chi connectivity index (χ1) is 10.1. The number of hydrogen-bond acceptors (Lipinski definition) is 5. The Morgan fingerprint density at radius 1 is 1.33 bits per heavy atom.